The predicted octanol–water partition coefficient (Wildman–Crippen LogP) is 11.6. The summed E-state index contributed by atoms with van der Waals surface area (Å²) in [5.74, 6) is -0.829. The summed E-state index contributed by atoms with van der Waals surface area (Å²) in [6, 6.07) is 0. The van der Waals surface area contributed by atoms with Crippen molar-refractivity contribution in [3.05, 3.63) is 24.3 Å². The first-order chi connectivity index (χ1) is 24.8. The highest BCUT2D eigenvalue weighted by Gasteiger charge is 2.26. The molecular formula is C41H78NO8P. The summed E-state index contributed by atoms with van der Waals surface area (Å²) < 4.78 is 32.7. The molecular weight excluding hydrogens is 665 g/mol. The number of nitrogens with two attached hydrogens (primary N) is 1. The first-order valence-electron chi connectivity index (χ1n) is 20.8. The largest absolute Gasteiger partial charge is 0.472 e. The highest BCUT2D eigenvalue weighted by Crippen LogP contribution is 2.43. The van der Waals surface area contributed by atoms with E-state index in [1.54, 1.807) is 0 Å². The Morgan fingerprint density at radius 3 is 1.53 bits per heavy atom. The van der Waals surface area contributed by atoms with Crippen molar-refractivity contribution < 1.29 is 37.6 Å². The summed E-state index contributed by atoms with van der Waals surface area (Å²) >= 11 is 0. The Morgan fingerprint density at radius 2 is 1.02 bits per heavy atom. The third-order valence-corrected chi connectivity index (χ3v) is 9.82. The van der Waals surface area contributed by atoms with Crippen molar-refractivity contribution in [3.8, 4) is 0 Å². The van der Waals surface area contributed by atoms with Gasteiger partial charge in [0.1, 0.15) is 6.61 Å². The van der Waals surface area contributed by atoms with Gasteiger partial charge < -0.3 is 20.1 Å². The van der Waals surface area contributed by atoms with Crippen molar-refractivity contribution >= 4 is 19.8 Å². The van der Waals surface area contributed by atoms with Gasteiger partial charge in [0.15, 0.2) is 6.10 Å². The smallest absolute Gasteiger partial charge is 0.462 e. The molecule has 3 N–H and O–H groups in total. The van der Waals surface area contributed by atoms with Crippen LogP contribution in [0.2, 0.25) is 0 Å². The molecule has 0 aliphatic rings. The topological polar surface area (TPSA) is 134 Å². The number of rotatable bonds is 39. The molecule has 0 fully saturated rings. The monoisotopic (exact) mass is 744 g/mol. The van der Waals surface area contributed by atoms with E-state index in [1.807, 2.05) is 0 Å². The Balaban J connectivity index is 4.13. The number of carbonyl (C=O) groups is 2. The Morgan fingerprint density at radius 1 is 0.588 bits per heavy atom. The van der Waals surface area contributed by atoms with E-state index in [1.165, 1.54) is 109 Å². The summed E-state index contributed by atoms with van der Waals surface area (Å²) in [4.78, 5) is 34.8. The van der Waals surface area contributed by atoms with E-state index in [9.17, 15) is 19.0 Å². The fourth-order valence-corrected chi connectivity index (χ4v) is 6.49. The van der Waals surface area contributed by atoms with Crippen LogP contribution in [-0.2, 0) is 32.7 Å². The third-order valence-electron chi connectivity index (χ3n) is 8.84. The van der Waals surface area contributed by atoms with Gasteiger partial charge in [0.2, 0.25) is 0 Å². The lowest BCUT2D eigenvalue weighted by atomic mass is 10.1. The minimum Gasteiger partial charge on any atom is -0.462 e. The average molecular weight is 744 g/mol. The number of carbonyl (C=O) groups excluding carboxylic acids is 2. The molecule has 0 aromatic heterocycles. The van der Waals surface area contributed by atoms with Gasteiger partial charge in [-0.25, -0.2) is 4.57 Å². The molecule has 10 heteroatoms. The molecule has 0 amide bonds. The van der Waals surface area contributed by atoms with Gasteiger partial charge >= 0.3 is 19.8 Å². The molecule has 0 bridgehead atoms. The van der Waals surface area contributed by atoms with E-state index in [2.05, 4.69) is 38.2 Å². The van der Waals surface area contributed by atoms with Crippen LogP contribution in [0, 0.1) is 0 Å². The molecule has 0 saturated heterocycles. The highest BCUT2D eigenvalue weighted by atomic mass is 31.2. The molecule has 0 aliphatic heterocycles. The fraction of sp³-hybridized carbons (Fsp3) is 0.854. The summed E-state index contributed by atoms with van der Waals surface area (Å²) in [7, 11) is -4.37. The molecule has 0 spiro atoms. The van der Waals surface area contributed by atoms with Crippen LogP contribution in [0.3, 0.4) is 0 Å². The summed E-state index contributed by atoms with van der Waals surface area (Å²) in [5, 5.41) is 0. The number of hydrogen-bond acceptors (Lipinski definition) is 8. The second-order valence-electron chi connectivity index (χ2n) is 13.9. The Labute approximate surface area is 312 Å². The minimum atomic E-state index is -4.37. The van der Waals surface area contributed by atoms with E-state index in [0.29, 0.717) is 6.42 Å². The maximum absolute atomic E-state index is 12.6. The highest BCUT2D eigenvalue weighted by molar-refractivity contribution is 7.47. The second-order valence-corrected chi connectivity index (χ2v) is 15.3. The van der Waals surface area contributed by atoms with Crippen LogP contribution in [0.15, 0.2) is 24.3 Å². The number of allylic oxidation sites excluding steroid dienone is 4. The summed E-state index contributed by atoms with van der Waals surface area (Å²) in [6.07, 6.45) is 39.2. The van der Waals surface area contributed by atoms with Gasteiger partial charge in [0, 0.05) is 19.4 Å². The van der Waals surface area contributed by atoms with Gasteiger partial charge in [-0.2, -0.15) is 0 Å². The van der Waals surface area contributed by atoms with Crippen LogP contribution < -0.4 is 5.73 Å². The van der Waals surface area contributed by atoms with Gasteiger partial charge in [-0.3, -0.25) is 18.6 Å². The summed E-state index contributed by atoms with van der Waals surface area (Å²) in [5.41, 5.74) is 5.34. The number of hydrogen-bond donors (Lipinski definition) is 2. The first-order valence-corrected chi connectivity index (χ1v) is 22.3. The van der Waals surface area contributed by atoms with Crippen molar-refractivity contribution in [2.24, 2.45) is 5.73 Å². The normalized spacial score (nSPS) is 13.6. The van der Waals surface area contributed by atoms with Gasteiger partial charge in [-0.15, -0.1) is 0 Å². The number of phosphoric acid groups is 1. The fourth-order valence-electron chi connectivity index (χ4n) is 5.72. The zero-order valence-corrected chi connectivity index (χ0v) is 33.7. The van der Waals surface area contributed by atoms with Crippen molar-refractivity contribution in [2.45, 2.75) is 200 Å². The van der Waals surface area contributed by atoms with Crippen molar-refractivity contribution in [3.63, 3.8) is 0 Å². The lowest BCUT2D eigenvalue weighted by molar-refractivity contribution is -0.161. The van der Waals surface area contributed by atoms with Crippen LogP contribution >= 0.6 is 7.82 Å². The average Bonchev–Trinajstić information content (AvgIpc) is 3.11. The second kappa shape index (κ2) is 38.2. The number of phosphoric ester groups is 1. The molecule has 9 nitrogen and oxygen atoms in total. The molecule has 1 unspecified atom stereocenters. The van der Waals surface area contributed by atoms with E-state index in [0.717, 1.165) is 51.4 Å². The standard InChI is InChI=1S/C41H78NO8P/c1-3-5-7-9-11-13-15-16-17-18-19-20-21-22-24-26-28-30-32-34-41(44)50-39(38-49-51(45,46)48-36-35-42)37-47-40(43)33-31-29-27-25-23-14-12-10-8-6-4-2/h11,13,16-17,39H,3-10,12,14-15,18-38,42H2,1-2H3,(H,45,46)/b13-11+,17-16+/t39-/m1/s1. The van der Waals surface area contributed by atoms with Crippen LogP contribution in [0.25, 0.3) is 0 Å². The SMILES string of the molecule is CCCCC/C=C/C/C=C/CCCCCCCCCCCC(=O)O[C@H](COC(=O)CCCCCCCCCCCCC)COP(=O)(O)OCCN. The molecule has 0 radical (unpaired) electrons. The number of ether oxygens (including phenoxy) is 2. The molecule has 0 rings (SSSR count). The van der Waals surface area contributed by atoms with Crippen molar-refractivity contribution in [1.82, 2.24) is 0 Å². The minimum absolute atomic E-state index is 0.0541. The zero-order valence-electron chi connectivity index (χ0n) is 32.8. The van der Waals surface area contributed by atoms with Crippen LogP contribution in [0.5, 0.6) is 0 Å². The predicted molar refractivity (Wildman–Crippen MR) is 211 cm³/mol. The molecule has 51 heavy (non-hydrogen) atoms. The van der Waals surface area contributed by atoms with Crippen LogP contribution in [0.4, 0.5) is 0 Å². The molecule has 0 heterocycles. The third kappa shape index (κ3) is 38.0. The Hall–Kier alpha value is -1.51. The van der Waals surface area contributed by atoms with E-state index in [4.69, 9.17) is 24.3 Å². The molecule has 0 saturated carbocycles. The van der Waals surface area contributed by atoms with Gasteiger partial charge in [0.05, 0.1) is 13.2 Å². The molecule has 0 aliphatic carbocycles. The van der Waals surface area contributed by atoms with E-state index < -0.39 is 26.5 Å². The zero-order chi connectivity index (χ0) is 37.5. The maximum Gasteiger partial charge on any atom is 0.472 e. The quantitative estimate of drug-likeness (QED) is 0.0273. The molecule has 300 valence electrons. The summed E-state index contributed by atoms with van der Waals surface area (Å²) in [6.45, 7) is 3.70. The van der Waals surface area contributed by atoms with Crippen molar-refractivity contribution in [1.29, 1.82) is 0 Å². The lowest BCUT2D eigenvalue weighted by Gasteiger charge is -2.19. The lowest BCUT2D eigenvalue weighted by Crippen LogP contribution is -2.29. The van der Waals surface area contributed by atoms with E-state index in [-0.39, 0.29) is 38.6 Å². The van der Waals surface area contributed by atoms with Crippen LogP contribution in [0.1, 0.15) is 194 Å². The van der Waals surface area contributed by atoms with E-state index >= 15 is 0 Å². The van der Waals surface area contributed by atoms with Crippen LogP contribution in [-0.4, -0.2) is 49.3 Å². The molecule has 0 aromatic carbocycles. The number of unbranched alkanes of at least 4 members (excludes halogenated alkanes) is 22. The van der Waals surface area contributed by atoms with Gasteiger partial charge in [-0.1, -0.05) is 160 Å². The van der Waals surface area contributed by atoms with Gasteiger partial charge in [-0.05, 0) is 44.9 Å². The maximum atomic E-state index is 12.6. The van der Waals surface area contributed by atoms with Crippen molar-refractivity contribution in [2.75, 3.05) is 26.4 Å². The Kier molecular flexibility index (Phi) is 37.1. The van der Waals surface area contributed by atoms with Gasteiger partial charge in [0.25, 0.3) is 0 Å². The molecule has 0 aromatic rings. The molecule has 2 atom stereocenters. The number of esters is 2. The Bertz CT molecular complexity index is 897. The first kappa shape index (κ1) is 49.5.